The molecule has 0 fully saturated rings. The molecule has 0 heterocycles. The molecule has 4 nitrogen and oxygen atoms in total. The van der Waals surface area contributed by atoms with Crippen LogP contribution in [0.1, 0.15) is 16.7 Å². The third kappa shape index (κ3) is 4.03. The summed E-state index contributed by atoms with van der Waals surface area (Å²) in [6.07, 6.45) is 0. The van der Waals surface area contributed by atoms with E-state index in [1.807, 2.05) is 6.07 Å². The molecule has 3 N–H and O–H groups in total. The highest BCUT2D eigenvalue weighted by atomic mass is 32.2. The number of hydrogen-bond acceptors (Lipinski definition) is 3. The van der Waals surface area contributed by atoms with Crippen molar-refractivity contribution in [2.24, 2.45) is 5.73 Å². The van der Waals surface area contributed by atoms with E-state index < -0.39 is 10.0 Å². The molecule has 0 saturated heterocycles. The maximum Gasteiger partial charge on any atom is 0.236 e. The van der Waals surface area contributed by atoms with Crippen LogP contribution in [0.25, 0.3) is 0 Å². The molecule has 2 aromatic rings. The lowest BCUT2D eigenvalue weighted by Crippen LogP contribution is -2.16. The normalized spacial score (nSPS) is 11.4. The van der Waals surface area contributed by atoms with Gasteiger partial charge < -0.3 is 5.73 Å². The lowest BCUT2D eigenvalue weighted by Gasteiger charge is -2.11. The van der Waals surface area contributed by atoms with Gasteiger partial charge in [-0.15, -0.1) is 0 Å². The first-order valence-electron chi connectivity index (χ1n) is 6.45. The smallest absolute Gasteiger partial charge is 0.236 e. The van der Waals surface area contributed by atoms with Crippen LogP contribution in [0.5, 0.6) is 0 Å². The Kier molecular flexibility index (Phi) is 4.59. The second-order valence-electron chi connectivity index (χ2n) is 4.80. The number of halogens is 1. The Morgan fingerprint density at radius 3 is 2.43 bits per heavy atom. The average Bonchev–Trinajstić information content (AvgIpc) is 2.43. The molecule has 0 aliphatic carbocycles. The molecule has 0 bridgehead atoms. The molecule has 2 aromatic carbocycles. The number of nitrogens with one attached hydrogen (secondary N) is 1. The van der Waals surface area contributed by atoms with Gasteiger partial charge in [0.1, 0.15) is 5.82 Å². The van der Waals surface area contributed by atoms with Gasteiger partial charge in [-0.05, 0) is 41.8 Å². The Morgan fingerprint density at radius 2 is 1.81 bits per heavy atom. The van der Waals surface area contributed by atoms with E-state index in [0.717, 1.165) is 5.56 Å². The molecule has 0 radical (unpaired) electrons. The second-order valence-corrected chi connectivity index (χ2v) is 6.52. The summed E-state index contributed by atoms with van der Waals surface area (Å²) in [6, 6.07) is 11.2. The van der Waals surface area contributed by atoms with E-state index in [1.165, 1.54) is 18.2 Å². The van der Waals surface area contributed by atoms with Gasteiger partial charge in [-0.2, -0.15) is 0 Å². The first-order valence-corrected chi connectivity index (χ1v) is 8.10. The predicted octanol–water partition coefficient (Wildman–Crippen LogP) is 2.53. The minimum atomic E-state index is -3.58. The maximum atomic E-state index is 13.2. The molecular formula is C15H17FN2O2S. The van der Waals surface area contributed by atoms with Crippen molar-refractivity contribution in [1.82, 2.24) is 0 Å². The van der Waals surface area contributed by atoms with Crippen molar-refractivity contribution in [3.63, 3.8) is 0 Å². The molecule has 0 atom stereocenters. The monoisotopic (exact) mass is 308 g/mol. The van der Waals surface area contributed by atoms with Crippen molar-refractivity contribution in [2.75, 3.05) is 4.72 Å². The van der Waals surface area contributed by atoms with Gasteiger partial charge in [-0.3, -0.25) is 4.72 Å². The van der Waals surface area contributed by atoms with Crippen molar-refractivity contribution >= 4 is 15.7 Å². The summed E-state index contributed by atoms with van der Waals surface area (Å²) < 4.78 is 40.0. The zero-order valence-corrected chi connectivity index (χ0v) is 12.5. The van der Waals surface area contributed by atoms with Crippen molar-refractivity contribution in [2.45, 2.75) is 19.2 Å². The highest BCUT2D eigenvalue weighted by molar-refractivity contribution is 7.91. The Bertz CT molecular complexity index is 745. The number of anilines is 1. The molecule has 0 aromatic heterocycles. The van der Waals surface area contributed by atoms with Crippen LogP contribution in [0.15, 0.2) is 42.5 Å². The summed E-state index contributed by atoms with van der Waals surface area (Å²) in [5, 5.41) is 0. The third-order valence-electron chi connectivity index (χ3n) is 3.12. The fourth-order valence-corrected chi connectivity index (χ4v) is 3.28. The van der Waals surface area contributed by atoms with Gasteiger partial charge in [0.15, 0.2) is 0 Å². The minimum absolute atomic E-state index is 0.170. The maximum absolute atomic E-state index is 13.2. The zero-order chi connectivity index (χ0) is 15.5. The molecule has 0 aliphatic heterocycles. The van der Waals surface area contributed by atoms with Gasteiger partial charge in [0.25, 0.3) is 0 Å². The summed E-state index contributed by atoms with van der Waals surface area (Å²) in [6.45, 7) is 1.86. The van der Waals surface area contributed by atoms with E-state index in [2.05, 4.69) is 4.72 Å². The van der Waals surface area contributed by atoms with Crippen LogP contribution in [0, 0.1) is 12.7 Å². The first-order chi connectivity index (χ1) is 9.91. The number of aryl methyl sites for hydroxylation is 1. The lowest BCUT2D eigenvalue weighted by atomic mass is 10.1. The van der Waals surface area contributed by atoms with E-state index in [9.17, 15) is 12.8 Å². The molecule has 0 amide bonds. The Balaban J connectivity index is 2.20. The van der Waals surface area contributed by atoms with E-state index in [4.69, 9.17) is 5.73 Å². The average molecular weight is 308 g/mol. The van der Waals surface area contributed by atoms with Crippen molar-refractivity contribution in [1.29, 1.82) is 0 Å². The Labute approximate surface area is 123 Å². The summed E-state index contributed by atoms with van der Waals surface area (Å²) in [5.74, 6) is -0.539. The SMILES string of the molecule is Cc1cc(NS(=O)(=O)Cc2ccccc2CN)ccc1F. The molecule has 2 rings (SSSR count). The summed E-state index contributed by atoms with van der Waals surface area (Å²) >= 11 is 0. The van der Waals surface area contributed by atoms with Gasteiger partial charge >= 0.3 is 0 Å². The van der Waals surface area contributed by atoms with Gasteiger partial charge in [0.05, 0.1) is 5.75 Å². The Hall–Kier alpha value is -1.92. The van der Waals surface area contributed by atoms with E-state index in [-0.39, 0.29) is 18.1 Å². The van der Waals surface area contributed by atoms with E-state index in [1.54, 1.807) is 25.1 Å². The molecule has 0 spiro atoms. The van der Waals surface area contributed by atoms with Crippen molar-refractivity contribution < 1.29 is 12.8 Å². The molecule has 112 valence electrons. The number of nitrogens with two attached hydrogens (primary N) is 1. The van der Waals surface area contributed by atoms with Gasteiger partial charge in [0.2, 0.25) is 10.0 Å². The largest absolute Gasteiger partial charge is 0.326 e. The summed E-state index contributed by atoms with van der Waals surface area (Å²) in [7, 11) is -3.58. The zero-order valence-electron chi connectivity index (χ0n) is 11.6. The molecular weight excluding hydrogens is 291 g/mol. The number of rotatable bonds is 5. The molecule has 0 saturated carbocycles. The first kappa shape index (κ1) is 15.5. The molecule has 0 unspecified atom stereocenters. The van der Waals surface area contributed by atoms with Crippen molar-refractivity contribution in [3.05, 3.63) is 65.0 Å². The standard InChI is InChI=1S/C15H17FN2O2S/c1-11-8-14(6-7-15(11)16)18-21(19,20)10-13-5-3-2-4-12(13)9-17/h2-8,18H,9-10,17H2,1H3. The quantitative estimate of drug-likeness (QED) is 0.891. The number of hydrogen-bond donors (Lipinski definition) is 2. The third-order valence-corrected chi connectivity index (χ3v) is 4.35. The topological polar surface area (TPSA) is 72.2 Å². The van der Waals surface area contributed by atoms with Gasteiger partial charge in [-0.1, -0.05) is 24.3 Å². The summed E-state index contributed by atoms with van der Waals surface area (Å²) in [4.78, 5) is 0. The van der Waals surface area contributed by atoms with Crippen LogP contribution in [0.4, 0.5) is 10.1 Å². The highest BCUT2D eigenvalue weighted by Gasteiger charge is 2.14. The second kappa shape index (κ2) is 6.24. The fraction of sp³-hybridized carbons (Fsp3) is 0.200. The van der Waals surface area contributed by atoms with Crippen LogP contribution in [0.2, 0.25) is 0 Å². The Morgan fingerprint density at radius 1 is 1.14 bits per heavy atom. The number of benzene rings is 2. The summed E-state index contributed by atoms with van der Waals surface area (Å²) in [5.41, 5.74) is 7.78. The van der Waals surface area contributed by atoms with Crippen LogP contribution < -0.4 is 10.5 Å². The van der Waals surface area contributed by atoms with Gasteiger partial charge in [0, 0.05) is 12.2 Å². The minimum Gasteiger partial charge on any atom is -0.326 e. The molecule has 0 aliphatic rings. The number of sulfonamides is 1. The highest BCUT2D eigenvalue weighted by Crippen LogP contribution is 2.18. The van der Waals surface area contributed by atoms with Crippen LogP contribution in [-0.4, -0.2) is 8.42 Å². The lowest BCUT2D eigenvalue weighted by molar-refractivity contribution is 0.600. The van der Waals surface area contributed by atoms with E-state index >= 15 is 0 Å². The van der Waals surface area contributed by atoms with Crippen LogP contribution >= 0.6 is 0 Å². The van der Waals surface area contributed by atoms with Gasteiger partial charge in [-0.25, -0.2) is 12.8 Å². The van der Waals surface area contributed by atoms with E-state index in [0.29, 0.717) is 16.8 Å². The fourth-order valence-electron chi connectivity index (χ4n) is 2.03. The van der Waals surface area contributed by atoms with Crippen LogP contribution in [0.3, 0.4) is 0 Å². The van der Waals surface area contributed by atoms with Crippen LogP contribution in [-0.2, 0) is 22.3 Å². The molecule has 21 heavy (non-hydrogen) atoms. The predicted molar refractivity (Wildman–Crippen MR) is 81.7 cm³/mol. The molecule has 6 heteroatoms. The van der Waals surface area contributed by atoms with Crippen molar-refractivity contribution in [3.8, 4) is 0 Å².